The van der Waals surface area contributed by atoms with Gasteiger partial charge in [0.05, 0.1) is 6.10 Å². The van der Waals surface area contributed by atoms with Gasteiger partial charge in [-0.25, -0.2) is 0 Å². The van der Waals surface area contributed by atoms with Crippen LogP contribution in [0.3, 0.4) is 0 Å². The molecular weight excluding hydrogens is 292 g/mol. The van der Waals surface area contributed by atoms with Crippen LogP contribution < -0.4 is 0 Å². The van der Waals surface area contributed by atoms with Gasteiger partial charge >= 0.3 is 0 Å². The molecule has 2 bridgehead atoms. The van der Waals surface area contributed by atoms with E-state index in [1.54, 1.807) is 6.92 Å². The van der Waals surface area contributed by atoms with E-state index in [0.29, 0.717) is 24.8 Å². The number of carbonyl (C=O) groups is 2. The maximum absolute atomic E-state index is 12.5. The van der Waals surface area contributed by atoms with Crippen LogP contribution in [-0.2, 0) is 9.59 Å². The first-order valence-electron chi connectivity index (χ1n) is 8.39. The number of carbonyl (C=O) groups excluding carboxylic acids is 2. The van der Waals surface area contributed by atoms with Crippen molar-refractivity contribution in [2.45, 2.75) is 71.0 Å². The van der Waals surface area contributed by atoms with Gasteiger partial charge in [0.25, 0.3) is 0 Å². The zero-order valence-corrected chi connectivity index (χ0v) is 14.4. The first kappa shape index (κ1) is 18.1. The van der Waals surface area contributed by atoms with Crippen molar-refractivity contribution < 1.29 is 19.8 Å². The van der Waals surface area contributed by atoms with Crippen LogP contribution in [0.2, 0.25) is 0 Å². The molecule has 4 heteroatoms. The van der Waals surface area contributed by atoms with Crippen molar-refractivity contribution in [1.82, 2.24) is 0 Å². The molecular formula is C19H28O4. The minimum absolute atomic E-state index is 0.0389. The number of aliphatic hydroxyl groups is 2. The fourth-order valence-corrected chi connectivity index (χ4v) is 4.20. The molecule has 2 aliphatic carbocycles. The quantitative estimate of drug-likeness (QED) is 0.673. The summed E-state index contributed by atoms with van der Waals surface area (Å²) in [5.41, 5.74) is -0.924. The molecule has 0 saturated heterocycles. The molecule has 0 amide bonds. The second kappa shape index (κ2) is 6.33. The molecule has 4 nitrogen and oxygen atoms in total. The Morgan fingerprint density at radius 1 is 1.22 bits per heavy atom. The molecule has 0 aliphatic heterocycles. The summed E-state index contributed by atoms with van der Waals surface area (Å²) >= 11 is 0. The Hall–Kier alpha value is -1.26. The highest BCUT2D eigenvalue weighted by Gasteiger charge is 2.59. The van der Waals surface area contributed by atoms with Crippen LogP contribution in [0.25, 0.3) is 0 Å². The van der Waals surface area contributed by atoms with Crippen molar-refractivity contribution in [3.05, 3.63) is 23.8 Å². The van der Waals surface area contributed by atoms with Crippen molar-refractivity contribution in [2.24, 2.45) is 11.3 Å². The molecule has 2 aliphatic rings. The van der Waals surface area contributed by atoms with Crippen molar-refractivity contribution >= 4 is 11.6 Å². The van der Waals surface area contributed by atoms with Crippen LogP contribution in [0.15, 0.2) is 23.8 Å². The predicted octanol–water partition coefficient (Wildman–Crippen LogP) is 2.73. The van der Waals surface area contributed by atoms with E-state index < -0.39 is 17.1 Å². The number of ketones is 2. The van der Waals surface area contributed by atoms with Crippen LogP contribution >= 0.6 is 0 Å². The summed E-state index contributed by atoms with van der Waals surface area (Å²) in [6, 6.07) is 0. The Labute approximate surface area is 138 Å². The summed E-state index contributed by atoms with van der Waals surface area (Å²) in [7, 11) is 0. The second-order valence-corrected chi connectivity index (χ2v) is 7.79. The number of fused-ring (bicyclic) bond motifs is 2. The van der Waals surface area contributed by atoms with E-state index in [0.717, 1.165) is 12.0 Å². The van der Waals surface area contributed by atoms with Crippen molar-refractivity contribution in [2.75, 3.05) is 0 Å². The fraction of sp³-hybridized carbons (Fsp3) is 0.684. The smallest absolute Gasteiger partial charge is 0.167 e. The van der Waals surface area contributed by atoms with E-state index in [-0.39, 0.29) is 30.3 Å². The molecule has 128 valence electrons. The van der Waals surface area contributed by atoms with Crippen molar-refractivity contribution in [3.8, 4) is 0 Å². The minimum Gasteiger partial charge on any atom is -0.389 e. The molecule has 0 heterocycles. The highest BCUT2D eigenvalue weighted by atomic mass is 16.4. The lowest BCUT2D eigenvalue weighted by atomic mass is 9.55. The molecule has 0 aromatic rings. The molecule has 2 N–H and O–H groups in total. The second-order valence-electron chi connectivity index (χ2n) is 7.79. The zero-order chi connectivity index (χ0) is 17.4. The number of Topliss-reactive ketones (excluding diaryl/α,β-unsaturated/α-hetero) is 1. The van der Waals surface area contributed by atoms with Crippen molar-refractivity contribution in [1.29, 1.82) is 0 Å². The lowest BCUT2D eigenvalue weighted by Gasteiger charge is -2.52. The summed E-state index contributed by atoms with van der Waals surface area (Å²) in [5, 5.41) is 21.8. The average Bonchev–Trinajstić information content (AvgIpc) is 2.42. The summed E-state index contributed by atoms with van der Waals surface area (Å²) in [4.78, 5) is 24.5. The SMILES string of the molecule is C=C1CC[C@@H]2CCC(=O)[C@@](O)([C@@H](O)CC(C)=CC(=O)C1)C2(C)C. The summed E-state index contributed by atoms with van der Waals surface area (Å²) < 4.78 is 0. The van der Waals surface area contributed by atoms with E-state index >= 15 is 0 Å². The van der Waals surface area contributed by atoms with Gasteiger partial charge in [0.2, 0.25) is 0 Å². The largest absolute Gasteiger partial charge is 0.389 e. The van der Waals surface area contributed by atoms with Gasteiger partial charge in [-0.15, -0.1) is 0 Å². The third kappa shape index (κ3) is 3.20. The van der Waals surface area contributed by atoms with Crippen LogP contribution in [0.5, 0.6) is 0 Å². The zero-order valence-electron chi connectivity index (χ0n) is 14.4. The van der Waals surface area contributed by atoms with Crippen molar-refractivity contribution in [3.63, 3.8) is 0 Å². The Morgan fingerprint density at radius 2 is 1.83 bits per heavy atom. The Kier molecular flexibility index (Phi) is 4.97. The maximum atomic E-state index is 12.5. The molecule has 0 radical (unpaired) electrons. The third-order valence-corrected chi connectivity index (χ3v) is 5.82. The van der Waals surface area contributed by atoms with Gasteiger partial charge in [0.15, 0.2) is 17.2 Å². The first-order valence-corrected chi connectivity index (χ1v) is 8.39. The highest BCUT2D eigenvalue weighted by Crippen LogP contribution is 2.50. The van der Waals surface area contributed by atoms with Gasteiger partial charge in [0.1, 0.15) is 0 Å². The van der Waals surface area contributed by atoms with Crippen LogP contribution in [-0.4, -0.2) is 33.5 Å². The average molecular weight is 320 g/mol. The molecule has 3 atom stereocenters. The molecule has 0 aromatic heterocycles. The molecule has 23 heavy (non-hydrogen) atoms. The molecule has 1 saturated carbocycles. The van der Waals surface area contributed by atoms with Gasteiger partial charge in [-0.1, -0.05) is 31.6 Å². The van der Waals surface area contributed by atoms with E-state index in [1.807, 2.05) is 13.8 Å². The van der Waals surface area contributed by atoms with Gasteiger partial charge < -0.3 is 10.2 Å². The lowest BCUT2D eigenvalue weighted by Crippen LogP contribution is -2.64. The van der Waals surface area contributed by atoms with Gasteiger partial charge in [-0.05, 0) is 44.6 Å². The monoisotopic (exact) mass is 320 g/mol. The van der Waals surface area contributed by atoms with Gasteiger partial charge in [0, 0.05) is 18.3 Å². The first-order chi connectivity index (χ1) is 10.6. The Bertz CT molecular complexity index is 558. The lowest BCUT2D eigenvalue weighted by molar-refractivity contribution is -0.193. The highest BCUT2D eigenvalue weighted by molar-refractivity contribution is 5.92. The summed E-state index contributed by atoms with van der Waals surface area (Å²) in [6.07, 6.45) is 3.21. The summed E-state index contributed by atoms with van der Waals surface area (Å²) in [6.45, 7) is 9.48. The number of hydrogen-bond donors (Lipinski definition) is 2. The maximum Gasteiger partial charge on any atom is 0.167 e. The van der Waals surface area contributed by atoms with Crippen LogP contribution in [0.1, 0.15) is 59.3 Å². The van der Waals surface area contributed by atoms with E-state index in [2.05, 4.69) is 6.58 Å². The Balaban J connectivity index is 2.46. The molecule has 0 spiro atoms. The van der Waals surface area contributed by atoms with Crippen LogP contribution in [0, 0.1) is 11.3 Å². The standard InChI is InChI=1S/C19H28O4/c1-12-5-6-14-7-8-16(21)19(23,18(14,3)4)17(22)11-13(2)10-15(20)9-12/h10,14,17,22-23H,1,5-9,11H2,2-4H3/t14-,17+,19-/m1/s1. The summed E-state index contributed by atoms with van der Waals surface area (Å²) in [5.74, 6) is -0.223. The molecule has 0 unspecified atom stereocenters. The van der Waals surface area contributed by atoms with Gasteiger partial charge in [-0.3, -0.25) is 9.59 Å². The Morgan fingerprint density at radius 3 is 2.48 bits per heavy atom. The number of aliphatic hydroxyl groups excluding tert-OH is 1. The third-order valence-electron chi connectivity index (χ3n) is 5.82. The van der Waals surface area contributed by atoms with E-state index in [1.165, 1.54) is 6.08 Å². The molecule has 1 fully saturated rings. The normalized spacial score (nSPS) is 36.0. The number of hydrogen-bond acceptors (Lipinski definition) is 4. The molecule has 0 aromatic carbocycles. The topological polar surface area (TPSA) is 74.6 Å². The number of allylic oxidation sites excluding steroid dienone is 2. The van der Waals surface area contributed by atoms with Gasteiger partial charge in [-0.2, -0.15) is 0 Å². The predicted molar refractivity (Wildman–Crippen MR) is 88.8 cm³/mol. The van der Waals surface area contributed by atoms with Crippen LogP contribution in [0.4, 0.5) is 0 Å². The van der Waals surface area contributed by atoms with E-state index in [4.69, 9.17) is 0 Å². The van der Waals surface area contributed by atoms with E-state index in [9.17, 15) is 19.8 Å². The number of rotatable bonds is 0. The fourth-order valence-electron chi connectivity index (χ4n) is 4.20. The minimum atomic E-state index is -1.77. The molecule has 2 rings (SSSR count).